The highest BCUT2D eigenvalue weighted by molar-refractivity contribution is 7.10. The first-order chi connectivity index (χ1) is 11.0. The average Bonchev–Trinajstić information content (AvgIpc) is 2.89. The van der Waals surface area contributed by atoms with Crippen molar-refractivity contribution in [3.05, 3.63) is 34.8 Å². The number of carbonyl (C=O) groups is 2. The Bertz CT molecular complexity index is 803. The van der Waals surface area contributed by atoms with E-state index in [-0.39, 0.29) is 11.6 Å². The van der Waals surface area contributed by atoms with Crippen molar-refractivity contribution >= 4 is 39.7 Å². The van der Waals surface area contributed by atoms with Crippen LogP contribution in [0, 0.1) is 12.7 Å². The van der Waals surface area contributed by atoms with Crippen molar-refractivity contribution in [1.29, 1.82) is 0 Å². The molecule has 0 unspecified atom stereocenters. The molecule has 1 aliphatic heterocycles. The van der Waals surface area contributed by atoms with E-state index in [2.05, 4.69) is 20.3 Å². The third kappa shape index (κ3) is 2.89. The number of amides is 2. The number of hydrogen-bond donors (Lipinski definition) is 3. The van der Waals surface area contributed by atoms with Gasteiger partial charge in [-0.15, -0.1) is 0 Å². The fourth-order valence-corrected chi connectivity index (χ4v) is 3.23. The zero-order valence-corrected chi connectivity index (χ0v) is 13.4. The summed E-state index contributed by atoms with van der Waals surface area (Å²) in [5, 5.41) is 8.75. The maximum absolute atomic E-state index is 14.2. The molecule has 0 bridgehead atoms. The van der Waals surface area contributed by atoms with E-state index in [9.17, 15) is 14.0 Å². The minimum Gasteiger partial charge on any atom is -0.378 e. The molecule has 0 aliphatic carbocycles. The summed E-state index contributed by atoms with van der Waals surface area (Å²) in [6.07, 6.45) is 0.870. The van der Waals surface area contributed by atoms with E-state index in [1.807, 2.05) is 0 Å². The van der Waals surface area contributed by atoms with E-state index < -0.39 is 11.7 Å². The number of aryl methyl sites for hydroxylation is 2. The minimum absolute atomic E-state index is 0.0950. The molecule has 8 heteroatoms. The molecule has 23 heavy (non-hydrogen) atoms. The summed E-state index contributed by atoms with van der Waals surface area (Å²) < 4.78 is 18.3. The molecule has 1 aliphatic rings. The Morgan fingerprint density at radius 3 is 2.91 bits per heavy atom. The fourth-order valence-electron chi connectivity index (χ4n) is 2.49. The molecule has 3 rings (SSSR count). The minimum atomic E-state index is -0.592. The summed E-state index contributed by atoms with van der Waals surface area (Å²) in [6, 6.07) is 2.80. The summed E-state index contributed by atoms with van der Waals surface area (Å²) >= 11 is 1.18. The third-order valence-electron chi connectivity index (χ3n) is 3.65. The number of nitrogens with zero attached hydrogens (tertiary/aromatic N) is 1. The summed E-state index contributed by atoms with van der Waals surface area (Å²) in [7, 11) is 1.70. The summed E-state index contributed by atoms with van der Waals surface area (Å²) in [5.41, 5.74) is 2.35. The van der Waals surface area contributed by atoms with Crippen LogP contribution >= 0.6 is 11.5 Å². The van der Waals surface area contributed by atoms with Crippen molar-refractivity contribution in [3.8, 4) is 0 Å². The van der Waals surface area contributed by atoms with Gasteiger partial charge in [0.1, 0.15) is 10.8 Å². The van der Waals surface area contributed by atoms with Gasteiger partial charge < -0.3 is 16.0 Å². The lowest BCUT2D eigenvalue weighted by atomic mass is 10.0. The second-order valence-electron chi connectivity index (χ2n) is 5.21. The van der Waals surface area contributed by atoms with Gasteiger partial charge in [-0.25, -0.2) is 4.39 Å². The topological polar surface area (TPSA) is 83.1 Å². The van der Waals surface area contributed by atoms with Gasteiger partial charge in [-0.05, 0) is 42.6 Å². The molecule has 1 aromatic carbocycles. The fraction of sp³-hybridized carbons (Fsp3) is 0.267. The van der Waals surface area contributed by atoms with Crippen molar-refractivity contribution in [1.82, 2.24) is 4.37 Å². The molecule has 0 saturated carbocycles. The molecular formula is C15H15FN4O2S. The Balaban J connectivity index is 1.90. The zero-order valence-electron chi connectivity index (χ0n) is 12.6. The highest BCUT2D eigenvalue weighted by Crippen LogP contribution is 2.30. The second-order valence-corrected chi connectivity index (χ2v) is 5.99. The van der Waals surface area contributed by atoms with Crippen LogP contribution in [0.25, 0.3) is 0 Å². The van der Waals surface area contributed by atoms with Crippen LogP contribution in [0.3, 0.4) is 0 Å². The number of hydrogen-bond acceptors (Lipinski definition) is 5. The molecule has 6 nitrogen and oxygen atoms in total. The Hall–Kier alpha value is -2.48. The van der Waals surface area contributed by atoms with E-state index >= 15 is 0 Å². The standard InChI is InChI=1S/C15H15FN4O2S/c1-7-13(15(17-2)23-20-7)14(22)19-11-5-8-3-4-12(21)18-10(8)6-9(11)16/h5-6,17H,3-4H2,1-2H3,(H,18,21)(H,19,22). The first-order valence-corrected chi connectivity index (χ1v) is 7.84. The molecule has 120 valence electrons. The predicted octanol–water partition coefficient (Wildman–Crippen LogP) is 2.77. The van der Waals surface area contributed by atoms with Gasteiger partial charge >= 0.3 is 0 Å². The van der Waals surface area contributed by atoms with Crippen LogP contribution in [0.5, 0.6) is 0 Å². The summed E-state index contributed by atoms with van der Waals surface area (Å²) in [4.78, 5) is 23.8. The van der Waals surface area contributed by atoms with Gasteiger partial charge in [0.2, 0.25) is 5.91 Å². The molecular weight excluding hydrogens is 319 g/mol. The van der Waals surface area contributed by atoms with Gasteiger partial charge in [0, 0.05) is 19.2 Å². The van der Waals surface area contributed by atoms with Crippen molar-refractivity contribution in [2.24, 2.45) is 0 Å². The molecule has 0 fully saturated rings. The lowest BCUT2D eigenvalue weighted by Gasteiger charge is -2.18. The lowest BCUT2D eigenvalue weighted by molar-refractivity contribution is -0.116. The van der Waals surface area contributed by atoms with E-state index in [1.165, 1.54) is 17.6 Å². The SMILES string of the molecule is CNc1snc(C)c1C(=O)Nc1cc2c(cc1F)NC(=O)CC2. The van der Waals surface area contributed by atoms with Crippen molar-refractivity contribution < 1.29 is 14.0 Å². The second kappa shape index (κ2) is 5.96. The van der Waals surface area contributed by atoms with Crippen LogP contribution in [0.4, 0.5) is 20.8 Å². The van der Waals surface area contributed by atoms with Crippen LogP contribution in [0.2, 0.25) is 0 Å². The zero-order chi connectivity index (χ0) is 16.6. The third-order valence-corrected chi connectivity index (χ3v) is 4.61. The Kier molecular flexibility index (Phi) is 3.99. The molecule has 1 aromatic heterocycles. The number of nitrogens with one attached hydrogen (secondary N) is 3. The van der Waals surface area contributed by atoms with Crippen molar-refractivity contribution in [2.75, 3.05) is 23.0 Å². The Morgan fingerprint density at radius 1 is 1.39 bits per heavy atom. The smallest absolute Gasteiger partial charge is 0.260 e. The normalized spacial score (nSPS) is 13.3. The van der Waals surface area contributed by atoms with Gasteiger partial charge in [-0.3, -0.25) is 9.59 Å². The molecule has 0 saturated heterocycles. The average molecular weight is 334 g/mol. The lowest BCUT2D eigenvalue weighted by Crippen LogP contribution is -2.20. The quantitative estimate of drug-likeness (QED) is 0.806. The monoisotopic (exact) mass is 334 g/mol. The van der Waals surface area contributed by atoms with Gasteiger partial charge in [0.25, 0.3) is 5.91 Å². The van der Waals surface area contributed by atoms with Gasteiger partial charge in [0.15, 0.2) is 0 Å². The van der Waals surface area contributed by atoms with Crippen LogP contribution in [0.1, 0.15) is 28.0 Å². The molecule has 2 amide bonds. The molecule has 0 atom stereocenters. The van der Waals surface area contributed by atoms with Crippen molar-refractivity contribution in [3.63, 3.8) is 0 Å². The number of carbonyl (C=O) groups excluding carboxylic acids is 2. The molecule has 2 aromatic rings. The summed E-state index contributed by atoms with van der Waals surface area (Å²) in [5.74, 6) is -1.14. The highest BCUT2D eigenvalue weighted by atomic mass is 32.1. The van der Waals surface area contributed by atoms with E-state index in [4.69, 9.17) is 0 Å². The highest BCUT2D eigenvalue weighted by Gasteiger charge is 2.21. The number of fused-ring (bicyclic) bond motifs is 1. The van der Waals surface area contributed by atoms with Gasteiger partial charge in [0.05, 0.1) is 16.9 Å². The molecule has 0 spiro atoms. The Morgan fingerprint density at radius 2 is 2.17 bits per heavy atom. The van der Waals surface area contributed by atoms with Crippen LogP contribution < -0.4 is 16.0 Å². The van der Waals surface area contributed by atoms with Gasteiger partial charge in [-0.1, -0.05) is 0 Å². The number of rotatable bonds is 3. The maximum Gasteiger partial charge on any atom is 0.260 e. The number of benzene rings is 1. The Labute approximate surface area is 136 Å². The van der Waals surface area contributed by atoms with Crippen molar-refractivity contribution in [2.45, 2.75) is 19.8 Å². The van der Waals surface area contributed by atoms with Crippen LogP contribution in [0.15, 0.2) is 12.1 Å². The summed E-state index contributed by atoms with van der Waals surface area (Å²) in [6.45, 7) is 1.73. The van der Waals surface area contributed by atoms with E-state index in [0.29, 0.717) is 34.8 Å². The number of anilines is 3. The van der Waals surface area contributed by atoms with Crippen LogP contribution in [-0.2, 0) is 11.2 Å². The molecule has 3 N–H and O–H groups in total. The van der Waals surface area contributed by atoms with E-state index in [0.717, 1.165) is 5.56 Å². The number of aromatic nitrogens is 1. The van der Waals surface area contributed by atoms with E-state index in [1.54, 1.807) is 20.0 Å². The molecule has 0 radical (unpaired) electrons. The largest absolute Gasteiger partial charge is 0.378 e. The first-order valence-electron chi connectivity index (χ1n) is 7.07. The number of halogens is 1. The predicted molar refractivity (Wildman–Crippen MR) is 87.7 cm³/mol. The maximum atomic E-state index is 14.2. The first kappa shape index (κ1) is 15.4. The van der Waals surface area contributed by atoms with Gasteiger partial charge in [-0.2, -0.15) is 4.37 Å². The molecule has 2 heterocycles. The van der Waals surface area contributed by atoms with Crippen LogP contribution in [-0.4, -0.2) is 23.2 Å².